The first-order chi connectivity index (χ1) is 12.7. The molecule has 0 radical (unpaired) electrons. The summed E-state index contributed by atoms with van der Waals surface area (Å²) >= 11 is 0. The zero-order valence-electron chi connectivity index (χ0n) is 14.6. The van der Waals surface area contributed by atoms with E-state index in [0.29, 0.717) is 24.5 Å². The normalized spacial score (nSPS) is 11.8. The van der Waals surface area contributed by atoms with E-state index in [1.54, 1.807) is 31.6 Å². The quantitative estimate of drug-likeness (QED) is 0.697. The van der Waals surface area contributed by atoms with Gasteiger partial charge in [-0.2, -0.15) is 0 Å². The van der Waals surface area contributed by atoms with Gasteiger partial charge < -0.3 is 15.2 Å². The topological polar surface area (TPSA) is 57.4 Å². The fourth-order valence-electron chi connectivity index (χ4n) is 2.67. The number of pyridine rings is 1. The lowest BCUT2D eigenvalue weighted by Crippen LogP contribution is -2.13. The Morgan fingerprint density at radius 2 is 1.81 bits per heavy atom. The minimum Gasteiger partial charge on any atom is -0.493 e. The monoisotopic (exact) mass is 352 g/mol. The molecule has 134 valence electrons. The molecular weight excluding hydrogens is 331 g/mol. The Kier molecular flexibility index (Phi) is 5.81. The molecule has 0 spiro atoms. The molecule has 0 aliphatic rings. The number of hydrogen-bond acceptors (Lipinski definition) is 4. The Labute approximate surface area is 152 Å². The van der Waals surface area contributed by atoms with Gasteiger partial charge in [0.15, 0.2) is 11.5 Å². The summed E-state index contributed by atoms with van der Waals surface area (Å²) in [4.78, 5) is 4.11. The molecule has 0 amide bonds. The summed E-state index contributed by atoms with van der Waals surface area (Å²) in [6.07, 6.45) is 4.18. The molecule has 2 N–H and O–H groups in total. The first-order valence-electron chi connectivity index (χ1n) is 8.35. The van der Waals surface area contributed by atoms with Crippen molar-refractivity contribution in [1.82, 2.24) is 4.98 Å². The van der Waals surface area contributed by atoms with Crippen LogP contribution in [0.4, 0.5) is 4.39 Å². The molecule has 1 unspecified atom stereocenters. The molecule has 3 aromatic rings. The summed E-state index contributed by atoms with van der Waals surface area (Å²) in [7, 11) is 1.60. The van der Waals surface area contributed by atoms with Crippen molar-refractivity contribution in [2.75, 3.05) is 7.11 Å². The number of ether oxygens (including phenoxy) is 2. The largest absolute Gasteiger partial charge is 0.493 e. The lowest BCUT2D eigenvalue weighted by molar-refractivity contribution is 0.284. The Hall–Kier alpha value is -2.92. The number of nitrogens with zero attached hydrogens (tertiary/aromatic N) is 1. The van der Waals surface area contributed by atoms with Crippen LogP contribution in [-0.4, -0.2) is 12.1 Å². The molecule has 3 rings (SSSR count). The summed E-state index contributed by atoms with van der Waals surface area (Å²) in [6.45, 7) is 0.338. The molecule has 2 aromatic carbocycles. The van der Waals surface area contributed by atoms with Crippen molar-refractivity contribution in [3.05, 3.63) is 89.5 Å². The van der Waals surface area contributed by atoms with E-state index in [1.165, 1.54) is 12.1 Å². The Morgan fingerprint density at radius 1 is 1.04 bits per heavy atom. The lowest BCUT2D eigenvalue weighted by Gasteiger charge is -2.15. The van der Waals surface area contributed by atoms with Crippen molar-refractivity contribution >= 4 is 0 Å². The van der Waals surface area contributed by atoms with Crippen LogP contribution in [0.5, 0.6) is 11.5 Å². The Bertz CT molecular complexity index is 838. The maximum Gasteiger partial charge on any atom is 0.161 e. The van der Waals surface area contributed by atoms with E-state index in [4.69, 9.17) is 15.2 Å². The van der Waals surface area contributed by atoms with Gasteiger partial charge in [0.1, 0.15) is 12.4 Å². The summed E-state index contributed by atoms with van der Waals surface area (Å²) < 4.78 is 24.2. The van der Waals surface area contributed by atoms with Gasteiger partial charge in [-0.1, -0.05) is 24.3 Å². The third-order valence-electron chi connectivity index (χ3n) is 4.10. The Balaban J connectivity index is 1.68. The summed E-state index contributed by atoms with van der Waals surface area (Å²) in [6, 6.07) is 15.7. The minimum atomic E-state index is -0.263. The molecular formula is C21H21FN2O2. The maximum absolute atomic E-state index is 13.0. The molecule has 0 saturated heterocycles. The number of hydrogen-bond donors (Lipinski definition) is 1. The fraction of sp³-hybridized carbons (Fsp3) is 0.190. The second-order valence-corrected chi connectivity index (χ2v) is 6.00. The molecule has 0 aliphatic carbocycles. The van der Waals surface area contributed by atoms with Crippen LogP contribution in [0, 0.1) is 5.82 Å². The number of rotatable bonds is 7. The highest BCUT2D eigenvalue weighted by Gasteiger charge is 2.11. The molecule has 26 heavy (non-hydrogen) atoms. The van der Waals surface area contributed by atoms with Gasteiger partial charge >= 0.3 is 0 Å². The van der Waals surface area contributed by atoms with E-state index in [0.717, 1.165) is 16.7 Å². The van der Waals surface area contributed by atoms with Gasteiger partial charge in [-0.15, -0.1) is 0 Å². The first kappa shape index (κ1) is 17.9. The number of halogens is 1. The predicted molar refractivity (Wildman–Crippen MR) is 98.6 cm³/mol. The summed E-state index contributed by atoms with van der Waals surface area (Å²) in [5.74, 6) is 1.01. The lowest BCUT2D eigenvalue weighted by atomic mass is 10.0. The van der Waals surface area contributed by atoms with Gasteiger partial charge in [-0.3, -0.25) is 4.98 Å². The molecule has 0 fully saturated rings. The van der Waals surface area contributed by atoms with Gasteiger partial charge in [0.25, 0.3) is 0 Å². The number of methoxy groups -OCH3 is 1. The number of nitrogens with two attached hydrogens (primary N) is 1. The van der Waals surface area contributed by atoms with Crippen molar-refractivity contribution in [2.45, 2.75) is 19.1 Å². The molecule has 0 bridgehead atoms. The average molecular weight is 352 g/mol. The smallest absolute Gasteiger partial charge is 0.161 e. The van der Waals surface area contributed by atoms with Gasteiger partial charge in [0, 0.05) is 18.4 Å². The van der Waals surface area contributed by atoms with E-state index in [1.807, 2.05) is 30.3 Å². The molecule has 0 saturated carbocycles. The van der Waals surface area contributed by atoms with E-state index in [2.05, 4.69) is 4.98 Å². The zero-order chi connectivity index (χ0) is 18.4. The van der Waals surface area contributed by atoms with Crippen molar-refractivity contribution in [3.8, 4) is 11.5 Å². The highest BCUT2D eigenvalue weighted by Crippen LogP contribution is 2.30. The van der Waals surface area contributed by atoms with Gasteiger partial charge in [-0.05, 0) is 53.4 Å². The van der Waals surface area contributed by atoms with Crippen LogP contribution in [0.25, 0.3) is 0 Å². The summed E-state index contributed by atoms with van der Waals surface area (Å²) in [5, 5.41) is 0. The molecule has 4 nitrogen and oxygen atoms in total. The summed E-state index contributed by atoms with van der Waals surface area (Å²) in [5.41, 5.74) is 9.18. The number of aromatic nitrogens is 1. The SMILES string of the molecule is COc1cc(CC(N)c2cccnc2)ccc1OCc1ccc(F)cc1. The maximum atomic E-state index is 13.0. The Morgan fingerprint density at radius 3 is 2.50 bits per heavy atom. The van der Waals surface area contributed by atoms with Gasteiger partial charge in [0.05, 0.1) is 7.11 Å². The van der Waals surface area contributed by atoms with Crippen LogP contribution >= 0.6 is 0 Å². The van der Waals surface area contributed by atoms with Gasteiger partial charge in [0.2, 0.25) is 0 Å². The van der Waals surface area contributed by atoms with Crippen LogP contribution in [0.1, 0.15) is 22.7 Å². The van der Waals surface area contributed by atoms with Crippen molar-refractivity contribution in [1.29, 1.82) is 0 Å². The van der Waals surface area contributed by atoms with Crippen LogP contribution in [0.15, 0.2) is 67.0 Å². The van der Waals surface area contributed by atoms with Crippen LogP contribution in [0.2, 0.25) is 0 Å². The van der Waals surface area contributed by atoms with Crippen molar-refractivity contribution < 1.29 is 13.9 Å². The minimum absolute atomic E-state index is 0.139. The van der Waals surface area contributed by atoms with E-state index in [9.17, 15) is 4.39 Å². The van der Waals surface area contributed by atoms with Crippen LogP contribution in [0.3, 0.4) is 0 Å². The van der Waals surface area contributed by atoms with E-state index < -0.39 is 0 Å². The van der Waals surface area contributed by atoms with Crippen LogP contribution < -0.4 is 15.2 Å². The second kappa shape index (κ2) is 8.45. The van der Waals surface area contributed by atoms with E-state index in [-0.39, 0.29) is 11.9 Å². The molecule has 1 atom stereocenters. The number of benzene rings is 2. The third-order valence-corrected chi connectivity index (χ3v) is 4.10. The highest BCUT2D eigenvalue weighted by molar-refractivity contribution is 5.43. The molecule has 5 heteroatoms. The van der Waals surface area contributed by atoms with Crippen LogP contribution in [-0.2, 0) is 13.0 Å². The highest BCUT2D eigenvalue weighted by atomic mass is 19.1. The van der Waals surface area contributed by atoms with Crippen molar-refractivity contribution in [3.63, 3.8) is 0 Å². The average Bonchev–Trinajstić information content (AvgIpc) is 2.68. The van der Waals surface area contributed by atoms with Crippen molar-refractivity contribution in [2.24, 2.45) is 5.73 Å². The fourth-order valence-corrected chi connectivity index (χ4v) is 2.67. The molecule has 1 aromatic heterocycles. The zero-order valence-corrected chi connectivity index (χ0v) is 14.6. The second-order valence-electron chi connectivity index (χ2n) is 6.00. The standard InChI is InChI=1S/C21H21FN2O2/c1-25-21-12-16(11-19(23)17-3-2-10-24-13-17)6-9-20(21)26-14-15-4-7-18(22)8-5-15/h2-10,12-13,19H,11,14,23H2,1H3. The van der Waals surface area contributed by atoms with E-state index >= 15 is 0 Å². The third kappa shape index (κ3) is 4.58. The molecule has 0 aliphatic heterocycles. The molecule has 1 heterocycles. The van der Waals surface area contributed by atoms with Gasteiger partial charge in [-0.25, -0.2) is 4.39 Å². The first-order valence-corrected chi connectivity index (χ1v) is 8.35. The predicted octanol–water partition coefficient (Wildman–Crippen LogP) is 4.05.